The zero-order chi connectivity index (χ0) is 27.6. The fraction of sp³-hybridized carbons (Fsp3) is 0.462. The normalized spacial score (nSPS) is 26.4. The molecule has 1 fully saturated rings. The zero-order valence-corrected chi connectivity index (χ0v) is 21.9. The summed E-state index contributed by atoms with van der Waals surface area (Å²) in [6.45, 7) is -0.603. The molecule has 0 radical (unpaired) electrons. The molecule has 0 saturated carbocycles. The Bertz CT molecular complexity index is 1240. The highest BCUT2D eigenvalue weighted by Crippen LogP contribution is 2.50. The van der Waals surface area contributed by atoms with Gasteiger partial charge in [0.05, 0.1) is 31.8 Å². The molecule has 2 aromatic carbocycles. The summed E-state index contributed by atoms with van der Waals surface area (Å²) in [6.07, 6.45) is -4.03. The van der Waals surface area contributed by atoms with Crippen LogP contribution >= 0.6 is 11.8 Å². The van der Waals surface area contributed by atoms with Crippen LogP contribution in [0, 0.1) is 0 Å². The second-order valence-electron chi connectivity index (χ2n) is 8.95. The molecule has 206 valence electrons. The average molecular weight is 550 g/mol. The molecular formula is C26H31NO10S. The largest absolute Gasteiger partial charge is 0.492 e. The number of carbonyl (C=O) groups excluding carboxylic acids is 1. The molecule has 12 heteroatoms. The van der Waals surface area contributed by atoms with Crippen LogP contribution in [0.4, 0.5) is 0 Å². The lowest BCUT2D eigenvalue weighted by Gasteiger charge is -2.39. The number of rotatable bonds is 8. The third-order valence-corrected chi connectivity index (χ3v) is 7.64. The number of fused-ring (bicyclic) bond motifs is 3. The average Bonchev–Trinajstić information content (AvgIpc) is 3.16. The number of aliphatic hydroxyl groups excluding tert-OH is 4. The van der Waals surface area contributed by atoms with E-state index in [1.54, 1.807) is 12.1 Å². The van der Waals surface area contributed by atoms with Crippen LogP contribution in [0.25, 0.3) is 11.1 Å². The Kier molecular flexibility index (Phi) is 8.81. The molecule has 1 aliphatic carbocycles. The predicted molar refractivity (Wildman–Crippen MR) is 138 cm³/mol. The van der Waals surface area contributed by atoms with Gasteiger partial charge in [-0.05, 0) is 54.0 Å². The number of aliphatic hydroxyl groups is 4. The maximum atomic E-state index is 12.9. The van der Waals surface area contributed by atoms with E-state index >= 15 is 0 Å². The molecule has 0 bridgehead atoms. The topological polar surface area (TPSA) is 164 Å². The van der Waals surface area contributed by atoms with Crippen molar-refractivity contribution in [3.63, 3.8) is 0 Å². The van der Waals surface area contributed by atoms with Gasteiger partial charge in [-0.2, -0.15) is 0 Å². The fourth-order valence-electron chi connectivity index (χ4n) is 4.95. The van der Waals surface area contributed by atoms with Crippen LogP contribution in [0.5, 0.6) is 17.2 Å². The van der Waals surface area contributed by atoms with Crippen LogP contribution in [0.1, 0.15) is 23.6 Å². The van der Waals surface area contributed by atoms with Crippen molar-refractivity contribution in [2.75, 3.05) is 27.1 Å². The van der Waals surface area contributed by atoms with Crippen molar-refractivity contribution in [2.24, 2.45) is 0 Å². The highest BCUT2D eigenvalue weighted by Gasteiger charge is 2.45. The van der Waals surface area contributed by atoms with E-state index in [1.165, 1.54) is 32.0 Å². The van der Waals surface area contributed by atoms with Gasteiger partial charge in [-0.1, -0.05) is 6.07 Å². The Hall–Kier alpha value is -2.87. The molecule has 1 saturated heterocycles. The number of amides is 1. The molecule has 38 heavy (non-hydrogen) atoms. The van der Waals surface area contributed by atoms with E-state index < -0.39 is 43.4 Å². The van der Waals surface area contributed by atoms with Crippen LogP contribution in [0.15, 0.2) is 34.0 Å². The molecule has 2 aromatic rings. The van der Waals surface area contributed by atoms with Gasteiger partial charge in [-0.15, -0.1) is 11.8 Å². The van der Waals surface area contributed by atoms with Gasteiger partial charge >= 0.3 is 0 Å². The van der Waals surface area contributed by atoms with E-state index in [4.69, 9.17) is 18.9 Å². The SMILES string of the molecule is COc1c(OC2OC(CO)C(O)C(O)C2O)cc2c(c1OC)-c1ccc(SC)c(=O)cc1[C@H](NC=O)CC2. The number of hydrogen-bond donors (Lipinski definition) is 5. The Morgan fingerprint density at radius 1 is 1.11 bits per heavy atom. The number of benzene rings is 1. The minimum atomic E-state index is -1.62. The lowest BCUT2D eigenvalue weighted by molar-refractivity contribution is -0.277. The third-order valence-electron chi connectivity index (χ3n) is 6.86. The van der Waals surface area contributed by atoms with Crippen LogP contribution in [0.3, 0.4) is 0 Å². The monoisotopic (exact) mass is 549 g/mol. The molecule has 4 rings (SSSR count). The molecule has 2 aliphatic rings. The van der Waals surface area contributed by atoms with Crippen LogP contribution in [-0.2, 0) is 16.0 Å². The maximum Gasteiger partial charge on any atom is 0.229 e. The van der Waals surface area contributed by atoms with E-state index in [-0.39, 0.29) is 16.9 Å². The molecule has 1 aliphatic heterocycles. The van der Waals surface area contributed by atoms with Crippen molar-refractivity contribution in [1.29, 1.82) is 0 Å². The minimum absolute atomic E-state index is 0.130. The number of thioether (sulfide) groups is 1. The number of carbonyl (C=O) groups is 1. The quantitative estimate of drug-likeness (QED) is 0.228. The smallest absolute Gasteiger partial charge is 0.229 e. The van der Waals surface area contributed by atoms with Crippen molar-refractivity contribution < 1.29 is 44.2 Å². The van der Waals surface area contributed by atoms with Crippen LogP contribution in [0.2, 0.25) is 0 Å². The number of nitrogens with one attached hydrogen (secondary N) is 1. The number of methoxy groups -OCH3 is 2. The first-order chi connectivity index (χ1) is 18.3. The first-order valence-corrected chi connectivity index (χ1v) is 13.2. The van der Waals surface area contributed by atoms with Crippen molar-refractivity contribution >= 4 is 18.2 Å². The highest BCUT2D eigenvalue weighted by atomic mass is 32.2. The van der Waals surface area contributed by atoms with Crippen LogP contribution < -0.4 is 25.0 Å². The molecule has 5 unspecified atom stereocenters. The van der Waals surface area contributed by atoms with E-state index in [1.807, 2.05) is 12.3 Å². The van der Waals surface area contributed by atoms with Crippen molar-refractivity contribution in [1.82, 2.24) is 5.32 Å². The predicted octanol–water partition coefficient (Wildman–Crippen LogP) is 0.365. The van der Waals surface area contributed by atoms with E-state index in [0.717, 1.165) is 5.56 Å². The summed E-state index contributed by atoms with van der Waals surface area (Å²) in [5.74, 6) is 0.585. The second-order valence-corrected chi connectivity index (χ2v) is 9.79. The second kappa shape index (κ2) is 11.9. The summed E-state index contributed by atoms with van der Waals surface area (Å²) in [6, 6.07) is 6.30. The summed E-state index contributed by atoms with van der Waals surface area (Å²) in [5.41, 5.74) is 2.53. The number of aryl methyl sites for hydroxylation is 1. The third kappa shape index (κ3) is 5.07. The first-order valence-electron chi connectivity index (χ1n) is 12.0. The fourth-order valence-corrected chi connectivity index (χ4v) is 5.41. The van der Waals surface area contributed by atoms with Crippen LogP contribution in [-0.4, -0.2) is 84.6 Å². The standard InChI is InChI=1S/C26H31NO10S/c1-34-24-17(36-26-23(33)22(32)21(31)18(10-28)37-26)8-12-4-6-15(27-11-29)14-9-16(30)19(38-3)7-5-13(14)20(12)25(24)35-2/h5,7-9,11,15,18,21-23,26,28,31-33H,4,6,10H2,1-3H3,(H,27,29)/t15-,18?,21?,22?,23?,26?/m1/s1. The van der Waals surface area contributed by atoms with Gasteiger partial charge in [0.1, 0.15) is 24.4 Å². The van der Waals surface area contributed by atoms with Crippen molar-refractivity contribution in [3.8, 4) is 28.4 Å². The zero-order valence-electron chi connectivity index (χ0n) is 21.1. The number of ether oxygens (including phenoxy) is 4. The first kappa shape index (κ1) is 28.1. The van der Waals surface area contributed by atoms with Gasteiger partial charge in [0.15, 0.2) is 16.9 Å². The molecule has 5 N–H and O–H groups in total. The van der Waals surface area contributed by atoms with Crippen molar-refractivity contribution in [2.45, 2.75) is 54.5 Å². The van der Waals surface area contributed by atoms with Gasteiger partial charge < -0.3 is 44.7 Å². The van der Waals surface area contributed by atoms with E-state index in [0.29, 0.717) is 46.6 Å². The van der Waals surface area contributed by atoms with Gasteiger partial charge in [0.2, 0.25) is 18.4 Å². The summed E-state index contributed by atoms with van der Waals surface area (Å²) < 4.78 is 22.9. The van der Waals surface area contributed by atoms with Crippen molar-refractivity contribution in [3.05, 3.63) is 45.6 Å². The number of hydrogen-bond acceptors (Lipinski definition) is 11. The van der Waals surface area contributed by atoms with Gasteiger partial charge in [0, 0.05) is 5.56 Å². The van der Waals surface area contributed by atoms with E-state index in [9.17, 15) is 30.0 Å². The highest BCUT2D eigenvalue weighted by molar-refractivity contribution is 7.98. The van der Waals surface area contributed by atoms with Gasteiger partial charge in [-0.3, -0.25) is 9.59 Å². The van der Waals surface area contributed by atoms with Gasteiger partial charge in [-0.25, -0.2) is 0 Å². The summed E-state index contributed by atoms with van der Waals surface area (Å²) >= 11 is 1.32. The summed E-state index contributed by atoms with van der Waals surface area (Å²) in [4.78, 5) is 24.8. The lowest BCUT2D eigenvalue weighted by atomic mass is 9.95. The Balaban J connectivity index is 1.89. The summed E-state index contributed by atoms with van der Waals surface area (Å²) in [7, 11) is 2.86. The Morgan fingerprint density at radius 3 is 2.47 bits per heavy atom. The van der Waals surface area contributed by atoms with Gasteiger partial charge in [0.25, 0.3) is 0 Å². The minimum Gasteiger partial charge on any atom is -0.492 e. The molecular weight excluding hydrogens is 518 g/mol. The molecule has 1 amide bonds. The molecule has 6 atom stereocenters. The molecule has 1 heterocycles. The maximum absolute atomic E-state index is 12.9. The molecule has 0 aromatic heterocycles. The summed E-state index contributed by atoms with van der Waals surface area (Å²) in [5, 5.41) is 43.1. The Labute approximate surface area is 223 Å². The Morgan fingerprint density at radius 2 is 1.84 bits per heavy atom. The lowest BCUT2D eigenvalue weighted by Crippen LogP contribution is -2.60. The molecule has 11 nitrogen and oxygen atoms in total. The van der Waals surface area contributed by atoms with E-state index in [2.05, 4.69) is 5.32 Å². The molecule has 0 spiro atoms.